The van der Waals surface area contributed by atoms with Gasteiger partial charge in [-0.05, 0) is 19.3 Å². The first-order chi connectivity index (χ1) is 6.06. The fraction of sp³-hybridized carbons (Fsp3) is 0.889. The van der Waals surface area contributed by atoms with E-state index in [1.165, 1.54) is 0 Å². The maximum atomic E-state index is 10.4. The summed E-state index contributed by atoms with van der Waals surface area (Å²) in [5, 5.41) is 18.4. The number of carboxylic acids is 1. The van der Waals surface area contributed by atoms with Gasteiger partial charge in [-0.25, -0.2) is 0 Å². The summed E-state index contributed by atoms with van der Waals surface area (Å²) in [6.45, 7) is 3.44. The summed E-state index contributed by atoms with van der Waals surface area (Å²) in [5.41, 5.74) is -0.547. The SMILES string of the molecule is CCC1(O)CCN(CC(=O)O)CC1. The molecule has 76 valence electrons. The number of nitrogens with zero attached hydrogens (tertiary/aromatic N) is 1. The number of rotatable bonds is 3. The van der Waals surface area contributed by atoms with Crippen LogP contribution in [0.3, 0.4) is 0 Å². The minimum absolute atomic E-state index is 0.0970. The Labute approximate surface area is 78.2 Å². The molecule has 1 rings (SSSR count). The van der Waals surface area contributed by atoms with Gasteiger partial charge < -0.3 is 10.2 Å². The van der Waals surface area contributed by atoms with E-state index in [2.05, 4.69) is 0 Å². The van der Waals surface area contributed by atoms with Gasteiger partial charge in [-0.15, -0.1) is 0 Å². The highest BCUT2D eigenvalue weighted by atomic mass is 16.4. The molecule has 1 saturated heterocycles. The van der Waals surface area contributed by atoms with Gasteiger partial charge in [0.2, 0.25) is 0 Å². The Morgan fingerprint density at radius 2 is 2.00 bits per heavy atom. The van der Waals surface area contributed by atoms with E-state index < -0.39 is 11.6 Å². The largest absolute Gasteiger partial charge is 0.480 e. The monoisotopic (exact) mass is 187 g/mol. The minimum atomic E-state index is -0.790. The number of hydrogen-bond acceptors (Lipinski definition) is 3. The molecule has 0 atom stereocenters. The van der Waals surface area contributed by atoms with E-state index in [1.807, 2.05) is 11.8 Å². The van der Waals surface area contributed by atoms with Gasteiger partial charge in [0.05, 0.1) is 12.1 Å². The normalized spacial score (nSPS) is 22.9. The Morgan fingerprint density at radius 1 is 1.46 bits per heavy atom. The Bertz CT molecular complexity index is 185. The van der Waals surface area contributed by atoms with Crippen molar-refractivity contribution in [3.63, 3.8) is 0 Å². The molecule has 2 N–H and O–H groups in total. The number of hydrogen-bond donors (Lipinski definition) is 2. The number of aliphatic carboxylic acids is 1. The van der Waals surface area contributed by atoms with Crippen LogP contribution in [0.4, 0.5) is 0 Å². The molecule has 4 nitrogen and oxygen atoms in total. The van der Waals surface area contributed by atoms with Gasteiger partial charge in [-0.3, -0.25) is 9.69 Å². The predicted octanol–water partition coefficient (Wildman–Crippen LogP) is 0.308. The van der Waals surface area contributed by atoms with Gasteiger partial charge in [0.25, 0.3) is 0 Å². The van der Waals surface area contributed by atoms with Crippen molar-refractivity contribution in [2.24, 2.45) is 0 Å². The maximum absolute atomic E-state index is 10.4. The molecular weight excluding hydrogens is 170 g/mol. The fourth-order valence-electron chi connectivity index (χ4n) is 1.67. The zero-order valence-electron chi connectivity index (χ0n) is 7.99. The number of carboxylic acid groups (broad SMARTS) is 1. The topological polar surface area (TPSA) is 60.8 Å². The first-order valence-electron chi connectivity index (χ1n) is 4.72. The Kier molecular flexibility index (Phi) is 3.27. The smallest absolute Gasteiger partial charge is 0.317 e. The number of piperidine rings is 1. The van der Waals surface area contributed by atoms with Gasteiger partial charge in [-0.1, -0.05) is 6.92 Å². The summed E-state index contributed by atoms with van der Waals surface area (Å²) in [4.78, 5) is 12.3. The highest BCUT2D eigenvalue weighted by Crippen LogP contribution is 2.24. The Hall–Kier alpha value is -0.610. The Morgan fingerprint density at radius 3 is 2.38 bits per heavy atom. The van der Waals surface area contributed by atoms with E-state index in [1.54, 1.807) is 0 Å². The standard InChI is InChI=1S/C9H17NO3/c1-2-9(13)3-5-10(6-4-9)7-8(11)12/h13H,2-7H2,1H3,(H,11,12). The van der Waals surface area contributed by atoms with E-state index >= 15 is 0 Å². The summed E-state index contributed by atoms with van der Waals surface area (Å²) in [6.07, 6.45) is 2.14. The van der Waals surface area contributed by atoms with Crippen LogP contribution in [0, 0.1) is 0 Å². The molecule has 1 aliphatic rings. The molecule has 0 bridgehead atoms. The highest BCUT2D eigenvalue weighted by Gasteiger charge is 2.30. The van der Waals surface area contributed by atoms with Crippen LogP contribution in [0.25, 0.3) is 0 Å². The molecule has 0 spiro atoms. The van der Waals surface area contributed by atoms with Gasteiger partial charge in [0.15, 0.2) is 0 Å². The van der Waals surface area contributed by atoms with Gasteiger partial charge in [0.1, 0.15) is 0 Å². The third-order valence-electron chi connectivity index (χ3n) is 2.80. The molecule has 0 aromatic rings. The molecule has 1 heterocycles. The third kappa shape index (κ3) is 2.97. The lowest BCUT2D eigenvalue weighted by molar-refractivity contribution is -0.139. The van der Waals surface area contributed by atoms with Crippen molar-refractivity contribution in [1.82, 2.24) is 4.90 Å². The quantitative estimate of drug-likeness (QED) is 0.667. The van der Waals surface area contributed by atoms with E-state index in [0.717, 1.165) is 6.42 Å². The lowest BCUT2D eigenvalue weighted by Crippen LogP contribution is -2.45. The predicted molar refractivity (Wildman–Crippen MR) is 48.6 cm³/mol. The van der Waals surface area contributed by atoms with Gasteiger partial charge in [0, 0.05) is 13.1 Å². The van der Waals surface area contributed by atoms with Crippen molar-refractivity contribution in [3.8, 4) is 0 Å². The second-order valence-corrected chi connectivity index (χ2v) is 3.75. The molecule has 0 aromatic heterocycles. The van der Waals surface area contributed by atoms with Gasteiger partial charge >= 0.3 is 5.97 Å². The summed E-state index contributed by atoms with van der Waals surface area (Å²) in [6, 6.07) is 0. The van der Waals surface area contributed by atoms with Crippen molar-refractivity contribution in [1.29, 1.82) is 0 Å². The van der Waals surface area contributed by atoms with Crippen molar-refractivity contribution in [2.45, 2.75) is 31.8 Å². The second-order valence-electron chi connectivity index (χ2n) is 3.75. The van der Waals surface area contributed by atoms with Crippen molar-refractivity contribution >= 4 is 5.97 Å². The van der Waals surface area contributed by atoms with Crippen LogP contribution < -0.4 is 0 Å². The van der Waals surface area contributed by atoms with E-state index in [9.17, 15) is 9.90 Å². The van der Waals surface area contributed by atoms with Gasteiger partial charge in [-0.2, -0.15) is 0 Å². The molecule has 0 aromatic carbocycles. The van der Waals surface area contributed by atoms with Crippen LogP contribution >= 0.6 is 0 Å². The Balaban J connectivity index is 2.34. The minimum Gasteiger partial charge on any atom is -0.480 e. The van der Waals surface area contributed by atoms with Crippen LogP contribution in [0.2, 0.25) is 0 Å². The van der Waals surface area contributed by atoms with Crippen molar-refractivity contribution in [3.05, 3.63) is 0 Å². The molecule has 0 saturated carbocycles. The molecule has 0 radical (unpaired) electrons. The molecule has 0 aliphatic carbocycles. The summed E-state index contributed by atoms with van der Waals surface area (Å²) in [7, 11) is 0. The molecule has 0 amide bonds. The average Bonchev–Trinajstić information content (AvgIpc) is 2.09. The van der Waals surface area contributed by atoms with Crippen LogP contribution in [0.15, 0.2) is 0 Å². The summed E-state index contributed by atoms with van der Waals surface area (Å²) in [5.74, 6) is -0.790. The third-order valence-corrected chi connectivity index (χ3v) is 2.80. The molecule has 1 aliphatic heterocycles. The number of carbonyl (C=O) groups is 1. The fourth-order valence-corrected chi connectivity index (χ4v) is 1.67. The summed E-state index contributed by atoms with van der Waals surface area (Å²) >= 11 is 0. The molecular formula is C9H17NO3. The molecule has 4 heteroatoms. The first-order valence-corrected chi connectivity index (χ1v) is 4.72. The highest BCUT2D eigenvalue weighted by molar-refractivity contribution is 5.69. The van der Waals surface area contributed by atoms with Crippen LogP contribution in [-0.4, -0.2) is 46.3 Å². The van der Waals surface area contributed by atoms with Crippen LogP contribution in [-0.2, 0) is 4.79 Å². The van der Waals surface area contributed by atoms with Crippen molar-refractivity contribution < 1.29 is 15.0 Å². The number of aliphatic hydroxyl groups is 1. The van der Waals surface area contributed by atoms with Crippen LogP contribution in [0.5, 0.6) is 0 Å². The number of likely N-dealkylation sites (tertiary alicyclic amines) is 1. The zero-order chi connectivity index (χ0) is 9.90. The maximum Gasteiger partial charge on any atom is 0.317 e. The van der Waals surface area contributed by atoms with E-state index in [4.69, 9.17) is 5.11 Å². The summed E-state index contributed by atoms with van der Waals surface area (Å²) < 4.78 is 0. The van der Waals surface area contributed by atoms with Crippen LogP contribution in [0.1, 0.15) is 26.2 Å². The average molecular weight is 187 g/mol. The van der Waals surface area contributed by atoms with Crippen molar-refractivity contribution in [2.75, 3.05) is 19.6 Å². The first kappa shape index (κ1) is 10.5. The second kappa shape index (κ2) is 4.07. The lowest BCUT2D eigenvalue weighted by atomic mass is 9.89. The lowest BCUT2D eigenvalue weighted by Gasteiger charge is -2.36. The molecule has 13 heavy (non-hydrogen) atoms. The zero-order valence-corrected chi connectivity index (χ0v) is 7.99. The van der Waals surface area contributed by atoms with E-state index in [0.29, 0.717) is 25.9 Å². The molecule has 1 fully saturated rings. The van der Waals surface area contributed by atoms with E-state index in [-0.39, 0.29) is 6.54 Å². The molecule has 0 unspecified atom stereocenters.